The third-order valence-electron chi connectivity index (χ3n) is 5.07. The topological polar surface area (TPSA) is 12.0 Å². The van der Waals surface area contributed by atoms with Crippen molar-refractivity contribution in [3.63, 3.8) is 0 Å². The monoisotopic (exact) mass is 273 g/mol. The van der Waals surface area contributed by atoms with Gasteiger partial charge in [0.05, 0.1) is 0 Å². The molecule has 1 N–H and O–H groups in total. The van der Waals surface area contributed by atoms with Gasteiger partial charge < -0.3 is 5.32 Å². The fourth-order valence-corrected chi connectivity index (χ4v) is 3.68. The van der Waals surface area contributed by atoms with Crippen LogP contribution in [-0.4, -0.2) is 12.6 Å². The highest BCUT2D eigenvalue weighted by Crippen LogP contribution is 2.29. The minimum atomic E-state index is 0.635. The highest BCUT2D eigenvalue weighted by atomic mass is 14.9. The van der Waals surface area contributed by atoms with Crippen LogP contribution in [0, 0.1) is 11.8 Å². The van der Waals surface area contributed by atoms with Crippen LogP contribution in [0.1, 0.15) is 64.4 Å². The molecular weight excluding hydrogens is 242 g/mol. The Morgan fingerprint density at radius 1 is 1.10 bits per heavy atom. The van der Waals surface area contributed by atoms with Crippen LogP contribution in [0.4, 0.5) is 0 Å². The highest BCUT2D eigenvalue weighted by Gasteiger charge is 2.25. The smallest absolute Gasteiger partial charge is 0.00954 e. The average molecular weight is 273 g/mol. The maximum atomic E-state index is 3.90. The Balaban J connectivity index is 1.95. The molecule has 2 rings (SSSR count). The van der Waals surface area contributed by atoms with Crippen molar-refractivity contribution in [2.24, 2.45) is 11.8 Å². The molecule has 0 saturated heterocycles. The van der Waals surface area contributed by atoms with E-state index in [1.807, 2.05) is 0 Å². The highest BCUT2D eigenvalue weighted by molar-refractivity contribution is 5.20. The van der Waals surface area contributed by atoms with Crippen molar-refractivity contribution in [2.45, 2.75) is 64.8 Å². The minimum Gasteiger partial charge on any atom is -0.313 e. The molecule has 0 bridgehead atoms. The van der Waals surface area contributed by atoms with E-state index in [4.69, 9.17) is 0 Å². The van der Waals surface area contributed by atoms with Gasteiger partial charge >= 0.3 is 0 Å². The van der Waals surface area contributed by atoms with E-state index >= 15 is 0 Å². The molecule has 0 radical (unpaired) electrons. The van der Waals surface area contributed by atoms with E-state index in [-0.39, 0.29) is 0 Å². The third kappa shape index (κ3) is 4.09. The van der Waals surface area contributed by atoms with Crippen LogP contribution >= 0.6 is 0 Å². The molecule has 1 heteroatoms. The van der Waals surface area contributed by atoms with Crippen LogP contribution in [0.25, 0.3) is 0 Å². The zero-order valence-corrected chi connectivity index (χ0v) is 13.4. The van der Waals surface area contributed by atoms with E-state index in [9.17, 15) is 0 Å². The second kappa shape index (κ2) is 7.83. The molecular formula is C19H31N. The molecule has 0 spiro atoms. The molecule has 1 aliphatic rings. The Morgan fingerprint density at radius 3 is 2.45 bits per heavy atom. The summed E-state index contributed by atoms with van der Waals surface area (Å²) in [5, 5.41) is 3.90. The normalized spacial score (nSPS) is 24.8. The van der Waals surface area contributed by atoms with Gasteiger partial charge in [0.25, 0.3) is 0 Å². The molecule has 112 valence electrons. The Kier molecular flexibility index (Phi) is 6.09. The van der Waals surface area contributed by atoms with Crippen molar-refractivity contribution in [2.75, 3.05) is 6.54 Å². The summed E-state index contributed by atoms with van der Waals surface area (Å²) in [5.74, 6) is 2.22. The molecule has 1 fully saturated rings. The molecule has 1 aromatic carbocycles. The van der Waals surface area contributed by atoms with Crippen LogP contribution in [0.15, 0.2) is 30.3 Å². The average Bonchev–Trinajstić information content (AvgIpc) is 2.48. The van der Waals surface area contributed by atoms with E-state index in [2.05, 4.69) is 56.4 Å². The molecule has 3 unspecified atom stereocenters. The molecule has 0 amide bonds. The molecule has 0 aromatic heterocycles. The lowest BCUT2D eigenvalue weighted by Crippen LogP contribution is -2.41. The van der Waals surface area contributed by atoms with Gasteiger partial charge in [0, 0.05) is 12.6 Å². The lowest BCUT2D eigenvalue weighted by Gasteiger charge is -2.34. The largest absolute Gasteiger partial charge is 0.313 e. The predicted molar refractivity (Wildman–Crippen MR) is 88.1 cm³/mol. The van der Waals surface area contributed by atoms with E-state index in [0.717, 1.165) is 18.5 Å². The first kappa shape index (κ1) is 15.6. The summed E-state index contributed by atoms with van der Waals surface area (Å²) in [6, 6.07) is 11.8. The SMILES string of the molecule is CCC1CCCCC1NCC(c1ccccc1)C(C)C. The predicted octanol–water partition coefficient (Wildman–Crippen LogP) is 4.98. The van der Waals surface area contributed by atoms with Crippen molar-refractivity contribution < 1.29 is 0 Å². The first-order valence-corrected chi connectivity index (χ1v) is 8.50. The number of rotatable bonds is 6. The second-order valence-corrected chi connectivity index (χ2v) is 6.73. The van der Waals surface area contributed by atoms with Gasteiger partial charge in [0.1, 0.15) is 0 Å². The van der Waals surface area contributed by atoms with E-state index in [1.54, 1.807) is 0 Å². The van der Waals surface area contributed by atoms with Crippen LogP contribution in [0.5, 0.6) is 0 Å². The molecule has 1 aromatic rings. The standard InChI is InChI=1S/C19H31N/c1-4-16-10-8-9-13-19(16)20-14-18(15(2)3)17-11-6-5-7-12-17/h5-7,11-12,15-16,18-20H,4,8-10,13-14H2,1-3H3. The fourth-order valence-electron chi connectivity index (χ4n) is 3.68. The Labute approximate surface area is 125 Å². The summed E-state index contributed by atoms with van der Waals surface area (Å²) >= 11 is 0. The fraction of sp³-hybridized carbons (Fsp3) is 0.684. The summed E-state index contributed by atoms with van der Waals surface area (Å²) in [7, 11) is 0. The van der Waals surface area contributed by atoms with E-state index in [0.29, 0.717) is 11.8 Å². The Bertz CT molecular complexity index is 371. The number of hydrogen-bond donors (Lipinski definition) is 1. The molecule has 1 aliphatic carbocycles. The maximum Gasteiger partial charge on any atom is 0.00954 e. The zero-order valence-electron chi connectivity index (χ0n) is 13.4. The molecule has 3 atom stereocenters. The summed E-state index contributed by atoms with van der Waals surface area (Å²) in [6.45, 7) is 8.17. The maximum absolute atomic E-state index is 3.90. The lowest BCUT2D eigenvalue weighted by molar-refractivity contribution is 0.247. The van der Waals surface area contributed by atoms with Gasteiger partial charge in [-0.1, -0.05) is 70.4 Å². The van der Waals surface area contributed by atoms with Gasteiger partial charge in [-0.25, -0.2) is 0 Å². The zero-order chi connectivity index (χ0) is 14.4. The van der Waals surface area contributed by atoms with Gasteiger partial charge in [-0.15, -0.1) is 0 Å². The summed E-state index contributed by atoms with van der Waals surface area (Å²) < 4.78 is 0. The number of nitrogens with one attached hydrogen (secondary N) is 1. The summed E-state index contributed by atoms with van der Waals surface area (Å²) in [4.78, 5) is 0. The van der Waals surface area contributed by atoms with Gasteiger partial charge in [-0.3, -0.25) is 0 Å². The second-order valence-electron chi connectivity index (χ2n) is 6.73. The molecule has 20 heavy (non-hydrogen) atoms. The van der Waals surface area contributed by atoms with Gasteiger partial charge in [0.15, 0.2) is 0 Å². The molecule has 1 nitrogen and oxygen atoms in total. The molecule has 0 aliphatic heterocycles. The molecule has 1 saturated carbocycles. The van der Waals surface area contributed by atoms with Crippen molar-refractivity contribution in [1.29, 1.82) is 0 Å². The number of hydrogen-bond acceptors (Lipinski definition) is 1. The van der Waals surface area contributed by atoms with Crippen molar-refractivity contribution in [1.82, 2.24) is 5.32 Å². The lowest BCUT2D eigenvalue weighted by atomic mass is 9.82. The Hall–Kier alpha value is -0.820. The minimum absolute atomic E-state index is 0.635. The van der Waals surface area contributed by atoms with Crippen molar-refractivity contribution in [3.05, 3.63) is 35.9 Å². The quantitative estimate of drug-likeness (QED) is 0.770. The van der Waals surface area contributed by atoms with Gasteiger partial charge in [0.2, 0.25) is 0 Å². The first-order chi connectivity index (χ1) is 9.72. The van der Waals surface area contributed by atoms with Crippen molar-refractivity contribution in [3.8, 4) is 0 Å². The van der Waals surface area contributed by atoms with E-state index in [1.165, 1.54) is 37.7 Å². The first-order valence-electron chi connectivity index (χ1n) is 8.50. The van der Waals surface area contributed by atoms with E-state index < -0.39 is 0 Å². The van der Waals surface area contributed by atoms with Crippen molar-refractivity contribution >= 4 is 0 Å². The molecule has 0 heterocycles. The third-order valence-corrected chi connectivity index (χ3v) is 5.07. The summed E-state index contributed by atoms with van der Waals surface area (Å²) in [5.41, 5.74) is 1.49. The number of benzene rings is 1. The van der Waals surface area contributed by atoms with Crippen LogP contribution < -0.4 is 5.32 Å². The van der Waals surface area contributed by atoms with Gasteiger partial charge in [-0.2, -0.15) is 0 Å². The van der Waals surface area contributed by atoms with Crippen LogP contribution in [0.3, 0.4) is 0 Å². The summed E-state index contributed by atoms with van der Waals surface area (Å²) in [6.07, 6.45) is 6.97. The van der Waals surface area contributed by atoms with Gasteiger partial charge in [-0.05, 0) is 36.2 Å². The van der Waals surface area contributed by atoms with Crippen LogP contribution in [0.2, 0.25) is 0 Å². The van der Waals surface area contributed by atoms with Crippen LogP contribution in [-0.2, 0) is 0 Å². The Morgan fingerprint density at radius 2 is 1.80 bits per heavy atom.